The quantitative estimate of drug-likeness (QED) is 0.319. The van der Waals surface area contributed by atoms with Gasteiger partial charge in [0.2, 0.25) is 0 Å². The number of amides is 5. The molecular weight excluding hydrogens is 720 g/mol. The highest BCUT2D eigenvalue weighted by molar-refractivity contribution is 9.10. The van der Waals surface area contributed by atoms with Gasteiger partial charge in [0, 0.05) is 50.9 Å². The standard InChI is InChI=1S/C37H49BrN6O7/c1-50-40-34(46)24-41-15-8-26(9-16-41)27-10-17-42(18-11-27)35(47)33(23-25-6-7-32(45)30(38)22-25)51-37(49)43-19-13-29(14-20-43)44-21-12-28-4-2-3-5-31(28)39-36(44)48/h2-7,22,26-27,29,33,45H,8-21,23-24H2,1H3,(H,39,48)(H,40,46)/t33-/m1/s1. The summed E-state index contributed by atoms with van der Waals surface area (Å²) in [6, 6.07) is 12.8. The number of likely N-dealkylation sites (tertiary alicyclic amines) is 3. The van der Waals surface area contributed by atoms with Crippen molar-refractivity contribution in [2.75, 3.05) is 64.8 Å². The molecular formula is C37H49BrN6O7. The monoisotopic (exact) mass is 768 g/mol. The Morgan fingerprint density at radius 2 is 1.59 bits per heavy atom. The van der Waals surface area contributed by atoms with E-state index in [4.69, 9.17) is 9.57 Å². The van der Waals surface area contributed by atoms with Crippen LogP contribution >= 0.6 is 15.9 Å². The van der Waals surface area contributed by atoms with E-state index in [9.17, 15) is 24.3 Å². The molecule has 0 saturated carbocycles. The molecule has 276 valence electrons. The maximum absolute atomic E-state index is 14.0. The fourth-order valence-electron chi connectivity index (χ4n) is 8.09. The number of halogens is 1. The van der Waals surface area contributed by atoms with Crippen LogP contribution in [-0.2, 0) is 32.0 Å². The zero-order chi connectivity index (χ0) is 35.9. The SMILES string of the molecule is CONC(=O)CN1CCC(C2CCN(C(=O)[C@@H](Cc3ccc(O)c(Br)c3)OC(=O)N3CCC(N4CCc5ccccc5NC4=O)CC3)CC2)CC1. The first-order valence-corrected chi connectivity index (χ1v) is 18.9. The Morgan fingerprint density at radius 1 is 0.922 bits per heavy atom. The van der Waals surface area contributed by atoms with Crippen molar-refractivity contribution in [2.45, 2.75) is 63.5 Å². The average molecular weight is 770 g/mol. The number of hydrogen-bond donors (Lipinski definition) is 3. The lowest BCUT2D eigenvalue weighted by Crippen LogP contribution is -2.52. The van der Waals surface area contributed by atoms with Gasteiger partial charge in [-0.2, -0.15) is 0 Å². The summed E-state index contributed by atoms with van der Waals surface area (Å²) in [5, 5.41) is 13.1. The van der Waals surface area contributed by atoms with Crippen molar-refractivity contribution < 1.29 is 33.9 Å². The van der Waals surface area contributed by atoms with E-state index in [0.29, 0.717) is 68.4 Å². The Bertz CT molecular complexity index is 1550. The van der Waals surface area contributed by atoms with Crippen LogP contribution in [0.15, 0.2) is 46.9 Å². The number of hydroxylamine groups is 1. The van der Waals surface area contributed by atoms with Crippen LogP contribution in [-0.4, -0.2) is 120 Å². The van der Waals surface area contributed by atoms with E-state index < -0.39 is 12.2 Å². The lowest BCUT2D eigenvalue weighted by Gasteiger charge is -2.41. The molecule has 4 aliphatic heterocycles. The van der Waals surface area contributed by atoms with Crippen LogP contribution in [0.4, 0.5) is 15.3 Å². The molecule has 4 heterocycles. The van der Waals surface area contributed by atoms with Crippen LogP contribution in [0.5, 0.6) is 5.75 Å². The van der Waals surface area contributed by atoms with Crippen molar-refractivity contribution in [1.29, 1.82) is 0 Å². The topological polar surface area (TPSA) is 144 Å². The number of phenols is 1. The van der Waals surface area contributed by atoms with Gasteiger partial charge in [-0.1, -0.05) is 24.3 Å². The fourth-order valence-corrected chi connectivity index (χ4v) is 8.52. The average Bonchev–Trinajstić information content (AvgIpc) is 3.31. The molecule has 5 amide bonds. The maximum atomic E-state index is 14.0. The number of nitrogens with one attached hydrogen (secondary N) is 2. The molecule has 1 atom stereocenters. The fraction of sp³-hybridized carbons (Fsp3) is 0.568. The zero-order valence-electron chi connectivity index (χ0n) is 29.2. The van der Waals surface area contributed by atoms with Crippen LogP contribution in [0.1, 0.15) is 49.7 Å². The number of para-hydroxylation sites is 1. The third kappa shape index (κ3) is 9.32. The van der Waals surface area contributed by atoms with Crippen LogP contribution in [0, 0.1) is 11.8 Å². The summed E-state index contributed by atoms with van der Waals surface area (Å²) >= 11 is 3.36. The number of aromatic hydroxyl groups is 1. The van der Waals surface area contributed by atoms with E-state index in [1.165, 1.54) is 7.11 Å². The number of carbonyl (C=O) groups is 4. The van der Waals surface area contributed by atoms with Gasteiger partial charge in [-0.25, -0.2) is 15.1 Å². The van der Waals surface area contributed by atoms with Crippen LogP contribution in [0.2, 0.25) is 0 Å². The Labute approximate surface area is 307 Å². The van der Waals surface area contributed by atoms with E-state index in [-0.39, 0.29) is 36.1 Å². The molecule has 13 nitrogen and oxygen atoms in total. The highest BCUT2D eigenvalue weighted by atomic mass is 79.9. The van der Waals surface area contributed by atoms with Crippen molar-refractivity contribution in [3.63, 3.8) is 0 Å². The van der Waals surface area contributed by atoms with E-state index >= 15 is 0 Å². The largest absolute Gasteiger partial charge is 0.507 e. The van der Waals surface area contributed by atoms with Gasteiger partial charge in [0.15, 0.2) is 6.10 Å². The van der Waals surface area contributed by atoms with Crippen LogP contribution in [0.25, 0.3) is 0 Å². The molecule has 6 rings (SSSR count). The Hall–Kier alpha value is -3.88. The van der Waals surface area contributed by atoms with Crippen LogP contribution in [0.3, 0.4) is 0 Å². The highest BCUT2D eigenvalue weighted by Gasteiger charge is 2.37. The molecule has 0 aromatic heterocycles. The minimum absolute atomic E-state index is 0.00108. The van der Waals surface area contributed by atoms with Gasteiger partial charge < -0.3 is 29.9 Å². The molecule has 4 aliphatic rings. The predicted molar refractivity (Wildman–Crippen MR) is 194 cm³/mol. The molecule has 0 aliphatic carbocycles. The number of fused-ring (bicyclic) bond motifs is 1. The summed E-state index contributed by atoms with van der Waals surface area (Å²) in [6.07, 6.45) is 4.44. The molecule has 0 unspecified atom stereocenters. The maximum Gasteiger partial charge on any atom is 0.410 e. The number of hydrogen-bond acceptors (Lipinski definition) is 8. The summed E-state index contributed by atoms with van der Waals surface area (Å²) in [7, 11) is 1.43. The summed E-state index contributed by atoms with van der Waals surface area (Å²) < 4.78 is 6.53. The van der Waals surface area contributed by atoms with Crippen molar-refractivity contribution in [3.05, 3.63) is 58.1 Å². The minimum Gasteiger partial charge on any atom is -0.507 e. The number of anilines is 1. The molecule has 0 spiro atoms. The minimum atomic E-state index is -1.01. The first kappa shape index (κ1) is 36.9. The molecule has 2 aromatic rings. The number of rotatable bonds is 9. The second-order valence-electron chi connectivity index (χ2n) is 14.1. The summed E-state index contributed by atoms with van der Waals surface area (Å²) in [6.45, 7) is 4.70. The van der Waals surface area contributed by atoms with Gasteiger partial charge >= 0.3 is 12.1 Å². The lowest BCUT2D eigenvalue weighted by molar-refractivity contribution is -0.142. The third-order valence-electron chi connectivity index (χ3n) is 11.0. The second kappa shape index (κ2) is 17.1. The van der Waals surface area contributed by atoms with Crippen molar-refractivity contribution in [1.82, 2.24) is 25.1 Å². The molecule has 0 radical (unpaired) electrons. The molecule has 51 heavy (non-hydrogen) atoms. The summed E-state index contributed by atoms with van der Waals surface area (Å²) in [4.78, 5) is 64.9. The molecule has 3 N–H and O–H groups in total. The van der Waals surface area contributed by atoms with Crippen molar-refractivity contribution in [3.8, 4) is 5.75 Å². The highest BCUT2D eigenvalue weighted by Crippen LogP contribution is 2.33. The van der Waals surface area contributed by atoms with Gasteiger partial charge in [-0.15, -0.1) is 0 Å². The predicted octanol–water partition coefficient (Wildman–Crippen LogP) is 4.39. The van der Waals surface area contributed by atoms with Gasteiger partial charge in [-0.3, -0.25) is 19.3 Å². The zero-order valence-corrected chi connectivity index (χ0v) is 30.8. The van der Waals surface area contributed by atoms with Gasteiger partial charge in [0.1, 0.15) is 5.75 Å². The summed E-state index contributed by atoms with van der Waals surface area (Å²) in [5.41, 5.74) is 5.10. The first-order chi connectivity index (χ1) is 24.7. The van der Waals surface area contributed by atoms with Crippen molar-refractivity contribution >= 4 is 45.6 Å². The number of urea groups is 1. The number of benzene rings is 2. The first-order valence-electron chi connectivity index (χ1n) is 18.1. The van der Waals surface area contributed by atoms with E-state index in [1.807, 2.05) is 34.1 Å². The van der Waals surface area contributed by atoms with E-state index in [1.54, 1.807) is 23.1 Å². The molecule has 3 fully saturated rings. The summed E-state index contributed by atoms with van der Waals surface area (Å²) in [5.74, 6) is 0.788. The number of carbonyl (C=O) groups excluding carboxylic acids is 4. The lowest BCUT2D eigenvalue weighted by atomic mass is 9.78. The van der Waals surface area contributed by atoms with Gasteiger partial charge in [0.25, 0.3) is 11.8 Å². The van der Waals surface area contributed by atoms with E-state index in [2.05, 4.69) is 31.6 Å². The van der Waals surface area contributed by atoms with Crippen LogP contribution < -0.4 is 10.8 Å². The Kier molecular flexibility index (Phi) is 12.4. The van der Waals surface area contributed by atoms with Gasteiger partial charge in [-0.05, 0) is 115 Å². The van der Waals surface area contributed by atoms with E-state index in [0.717, 1.165) is 62.0 Å². The number of ether oxygens (including phenoxy) is 1. The molecule has 3 saturated heterocycles. The van der Waals surface area contributed by atoms with Crippen molar-refractivity contribution in [2.24, 2.45) is 11.8 Å². The Morgan fingerprint density at radius 3 is 2.27 bits per heavy atom. The smallest absolute Gasteiger partial charge is 0.410 e. The molecule has 14 heteroatoms. The number of phenolic OH excluding ortho intramolecular Hbond substituents is 1. The third-order valence-corrected chi connectivity index (χ3v) is 11.6. The van der Waals surface area contributed by atoms with Gasteiger partial charge in [0.05, 0.1) is 18.1 Å². The Balaban J connectivity index is 1.03. The second-order valence-corrected chi connectivity index (χ2v) is 15.0. The number of piperidine rings is 3. The molecule has 0 bridgehead atoms. The normalized spacial score (nSPS) is 20.3. The number of nitrogens with zero attached hydrogens (tertiary/aromatic N) is 4. The molecule has 2 aromatic carbocycles.